The van der Waals surface area contributed by atoms with Crippen molar-refractivity contribution in [1.82, 2.24) is 4.90 Å². The molecule has 0 aromatic heterocycles. The average Bonchev–Trinajstić information content (AvgIpc) is 2.37. The molecule has 0 saturated heterocycles. The van der Waals surface area contributed by atoms with Gasteiger partial charge in [0, 0.05) is 18.7 Å². The van der Waals surface area contributed by atoms with Crippen molar-refractivity contribution in [3.05, 3.63) is 35.1 Å². The Morgan fingerprint density at radius 2 is 2.00 bits per heavy atom. The number of nitrogens with zero attached hydrogens (tertiary/aromatic N) is 1. The molecule has 0 aliphatic rings. The maximum absolute atomic E-state index is 13.3. The van der Waals surface area contributed by atoms with Crippen LogP contribution in [0.1, 0.15) is 29.3 Å². The number of aryl methyl sites for hydroxylation is 1. The van der Waals surface area contributed by atoms with Crippen LogP contribution in [0.3, 0.4) is 0 Å². The minimum Gasteiger partial charge on any atom is -0.469 e. The molecule has 0 aliphatic heterocycles. The van der Waals surface area contributed by atoms with E-state index in [-0.39, 0.29) is 24.8 Å². The zero-order valence-corrected chi connectivity index (χ0v) is 11.4. The maximum atomic E-state index is 13.3. The molecule has 0 saturated carbocycles. The summed E-state index contributed by atoms with van der Waals surface area (Å²) in [7, 11) is 1.30. The fraction of sp³-hybridized carbons (Fsp3) is 0.429. The number of benzene rings is 1. The lowest BCUT2D eigenvalue weighted by Crippen LogP contribution is -2.33. The van der Waals surface area contributed by atoms with Crippen molar-refractivity contribution >= 4 is 11.9 Å². The van der Waals surface area contributed by atoms with E-state index in [0.29, 0.717) is 17.7 Å². The average molecular weight is 267 g/mol. The lowest BCUT2D eigenvalue weighted by molar-refractivity contribution is -0.140. The first-order valence-electron chi connectivity index (χ1n) is 6.11. The molecule has 104 valence electrons. The molecule has 0 heterocycles. The van der Waals surface area contributed by atoms with E-state index in [0.717, 1.165) is 0 Å². The lowest BCUT2D eigenvalue weighted by Gasteiger charge is -2.20. The third-order valence-corrected chi connectivity index (χ3v) is 2.77. The summed E-state index contributed by atoms with van der Waals surface area (Å²) in [4.78, 5) is 24.8. The van der Waals surface area contributed by atoms with Crippen LogP contribution in [0, 0.1) is 12.7 Å². The van der Waals surface area contributed by atoms with E-state index < -0.39 is 5.82 Å². The van der Waals surface area contributed by atoms with Gasteiger partial charge in [0.1, 0.15) is 5.82 Å². The molecule has 0 fully saturated rings. The van der Waals surface area contributed by atoms with Gasteiger partial charge in [-0.25, -0.2) is 4.39 Å². The Hall–Kier alpha value is -1.91. The van der Waals surface area contributed by atoms with Crippen LogP contribution in [0.2, 0.25) is 0 Å². The van der Waals surface area contributed by atoms with Crippen molar-refractivity contribution < 1.29 is 18.7 Å². The molecular weight excluding hydrogens is 249 g/mol. The summed E-state index contributed by atoms with van der Waals surface area (Å²) in [6.45, 7) is 4.24. The van der Waals surface area contributed by atoms with Gasteiger partial charge in [0.2, 0.25) is 0 Å². The van der Waals surface area contributed by atoms with Gasteiger partial charge in [-0.3, -0.25) is 9.59 Å². The SMILES string of the molecule is CCN(CCC(=O)OC)C(=O)c1cc(C)cc(F)c1. The Bertz CT molecular complexity index is 454. The third kappa shape index (κ3) is 4.35. The van der Waals surface area contributed by atoms with E-state index in [1.165, 1.54) is 24.1 Å². The standard InChI is InChI=1S/C14H18FNO3/c1-4-16(6-5-13(17)19-3)14(18)11-7-10(2)8-12(15)9-11/h7-9H,4-6H2,1-3H3. The molecule has 0 radical (unpaired) electrons. The van der Waals surface area contributed by atoms with E-state index >= 15 is 0 Å². The van der Waals surface area contributed by atoms with Crippen molar-refractivity contribution in [3.63, 3.8) is 0 Å². The summed E-state index contributed by atoms with van der Waals surface area (Å²) in [5.74, 6) is -1.09. The smallest absolute Gasteiger partial charge is 0.307 e. The fourth-order valence-electron chi connectivity index (χ4n) is 1.77. The highest BCUT2D eigenvalue weighted by Crippen LogP contribution is 2.11. The minimum absolute atomic E-state index is 0.129. The first-order valence-corrected chi connectivity index (χ1v) is 6.11. The summed E-state index contributed by atoms with van der Waals surface area (Å²) < 4.78 is 17.8. The Morgan fingerprint density at radius 3 is 2.53 bits per heavy atom. The van der Waals surface area contributed by atoms with Crippen LogP contribution in [0.25, 0.3) is 0 Å². The van der Waals surface area contributed by atoms with Gasteiger partial charge in [0.15, 0.2) is 0 Å². The van der Waals surface area contributed by atoms with Crippen LogP contribution in [-0.4, -0.2) is 37.0 Å². The highest BCUT2D eigenvalue weighted by atomic mass is 19.1. The summed E-state index contributed by atoms with van der Waals surface area (Å²) >= 11 is 0. The van der Waals surface area contributed by atoms with Crippen LogP contribution in [0.15, 0.2) is 18.2 Å². The molecule has 0 bridgehead atoms. The van der Waals surface area contributed by atoms with Crippen molar-refractivity contribution in [2.45, 2.75) is 20.3 Å². The van der Waals surface area contributed by atoms with Crippen LogP contribution < -0.4 is 0 Å². The number of carbonyl (C=O) groups excluding carboxylic acids is 2. The number of amides is 1. The number of hydrogen-bond acceptors (Lipinski definition) is 3. The topological polar surface area (TPSA) is 46.6 Å². The maximum Gasteiger partial charge on any atom is 0.307 e. The van der Waals surface area contributed by atoms with E-state index in [9.17, 15) is 14.0 Å². The summed E-state index contributed by atoms with van der Waals surface area (Å²) in [5, 5.41) is 0. The molecule has 1 amide bonds. The Balaban J connectivity index is 2.80. The summed E-state index contributed by atoms with van der Waals surface area (Å²) in [5.41, 5.74) is 0.983. The first kappa shape index (κ1) is 15.1. The Labute approximate surface area is 112 Å². The molecule has 0 aliphatic carbocycles. The fourth-order valence-corrected chi connectivity index (χ4v) is 1.77. The van der Waals surface area contributed by atoms with Crippen molar-refractivity contribution in [1.29, 1.82) is 0 Å². The van der Waals surface area contributed by atoms with Crippen molar-refractivity contribution in [2.75, 3.05) is 20.2 Å². The highest BCUT2D eigenvalue weighted by Gasteiger charge is 2.16. The second-order valence-corrected chi connectivity index (χ2v) is 4.23. The van der Waals surface area contributed by atoms with Gasteiger partial charge in [0.05, 0.1) is 13.5 Å². The van der Waals surface area contributed by atoms with E-state index in [4.69, 9.17) is 0 Å². The molecule has 4 nitrogen and oxygen atoms in total. The van der Waals surface area contributed by atoms with Crippen molar-refractivity contribution in [2.24, 2.45) is 0 Å². The molecular formula is C14H18FNO3. The van der Waals surface area contributed by atoms with Crippen LogP contribution in [-0.2, 0) is 9.53 Å². The minimum atomic E-state index is -0.438. The largest absolute Gasteiger partial charge is 0.469 e. The predicted octanol–water partition coefficient (Wildman–Crippen LogP) is 2.16. The van der Waals surface area contributed by atoms with Crippen LogP contribution in [0.5, 0.6) is 0 Å². The molecule has 0 unspecified atom stereocenters. The second-order valence-electron chi connectivity index (χ2n) is 4.23. The Morgan fingerprint density at radius 1 is 1.32 bits per heavy atom. The van der Waals surface area contributed by atoms with E-state index in [1.54, 1.807) is 19.9 Å². The monoisotopic (exact) mass is 267 g/mol. The first-order chi connectivity index (χ1) is 8.97. The van der Waals surface area contributed by atoms with Crippen LogP contribution in [0.4, 0.5) is 4.39 Å². The van der Waals surface area contributed by atoms with Gasteiger partial charge in [-0.2, -0.15) is 0 Å². The van der Waals surface area contributed by atoms with E-state index in [2.05, 4.69) is 4.74 Å². The van der Waals surface area contributed by atoms with Gasteiger partial charge in [-0.1, -0.05) is 0 Å². The predicted molar refractivity (Wildman–Crippen MR) is 69.3 cm³/mol. The molecule has 0 atom stereocenters. The number of hydrogen-bond donors (Lipinski definition) is 0. The molecule has 0 N–H and O–H groups in total. The summed E-state index contributed by atoms with van der Waals surface area (Å²) in [6, 6.07) is 4.20. The normalized spacial score (nSPS) is 10.1. The van der Waals surface area contributed by atoms with Gasteiger partial charge >= 0.3 is 5.97 Å². The number of halogens is 1. The van der Waals surface area contributed by atoms with Gasteiger partial charge in [-0.05, 0) is 37.6 Å². The lowest BCUT2D eigenvalue weighted by atomic mass is 10.1. The van der Waals surface area contributed by atoms with E-state index in [1.807, 2.05) is 0 Å². The number of ether oxygens (including phenoxy) is 1. The quantitative estimate of drug-likeness (QED) is 0.768. The molecule has 1 aromatic rings. The van der Waals surface area contributed by atoms with Gasteiger partial charge in [0.25, 0.3) is 5.91 Å². The number of carbonyl (C=O) groups is 2. The number of rotatable bonds is 5. The third-order valence-electron chi connectivity index (χ3n) is 2.77. The second kappa shape index (κ2) is 6.87. The van der Waals surface area contributed by atoms with Gasteiger partial charge in [-0.15, -0.1) is 0 Å². The molecule has 0 spiro atoms. The zero-order chi connectivity index (χ0) is 14.4. The number of methoxy groups -OCH3 is 1. The molecule has 1 aromatic carbocycles. The van der Waals surface area contributed by atoms with Crippen LogP contribution >= 0.6 is 0 Å². The van der Waals surface area contributed by atoms with Crippen molar-refractivity contribution in [3.8, 4) is 0 Å². The molecule has 19 heavy (non-hydrogen) atoms. The Kier molecular flexibility index (Phi) is 5.48. The molecule has 1 rings (SSSR count). The zero-order valence-electron chi connectivity index (χ0n) is 11.4. The highest BCUT2D eigenvalue weighted by molar-refractivity contribution is 5.94. The summed E-state index contributed by atoms with van der Waals surface area (Å²) in [6.07, 6.45) is 0.129. The van der Waals surface area contributed by atoms with Gasteiger partial charge < -0.3 is 9.64 Å². The number of esters is 1. The molecule has 5 heteroatoms.